The minimum Gasteiger partial charge on any atom is -0.453 e. The second-order valence-electron chi connectivity index (χ2n) is 14.6. The highest BCUT2D eigenvalue weighted by Crippen LogP contribution is 2.36. The first kappa shape index (κ1) is 34.2. The molecule has 2 fully saturated rings. The normalized spacial score (nSPS) is 16.8. The van der Waals surface area contributed by atoms with Crippen LogP contribution in [0.3, 0.4) is 0 Å². The first-order chi connectivity index (χ1) is 25.3. The van der Waals surface area contributed by atoms with Gasteiger partial charge in [-0.15, -0.1) is 0 Å². The molecule has 1 atom stereocenters. The van der Waals surface area contributed by atoms with Gasteiger partial charge < -0.3 is 43.4 Å². The number of carbonyl (C=O) groups is 2. The minimum absolute atomic E-state index is 0.0561. The molecular formula is C37H38FN7O8. The second kappa shape index (κ2) is 12.9. The molecule has 0 unspecified atom stereocenters. The fraction of sp³-hybridized carbons (Fsp3) is 0.378. The van der Waals surface area contributed by atoms with Gasteiger partial charge in [0.15, 0.2) is 28.1 Å². The number of hydrogen-bond acceptors (Lipinski definition) is 10. The summed E-state index contributed by atoms with van der Waals surface area (Å²) in [5, 5.41) is 17.4. The summed E-state index contributed by atoms with van der Waals surface area (Å²) in [6.07, 6.45) is 3.51. The summed E-state index contributed by atoms with van der Waals surface area (Å²) >= 11 is 0. The standard InChI is InChI=1S/C37H38FN7O8/c1-37(2,3)53-36(48)40-20-8-12-43(18-20)35(47)23-19-44-27-17-29-26(41-25-7-6-21(45(49)50)14-28(25)51-29)16-30(27)52-34-31(39-9-13-42-10-4-5-11-42)24(38)15-22(32(34)44)33(23)46/h6-7,14-17,19-20,39,41H,4-5,8-13,18H2,1-3H3,(H,40,48)/t20-/m0/s1. The highest BCUT2D eigenvalue weighted by molar-refractivity contribution is 6.07. The van der Waals surface area contributed by atoms with Crippen molar-refractivity contribution < 1.29 is 32.5 Å². The number of halogens is 1. The number of aromatic amines is 1. The maximum atomic E-state index is 16.1. The van der Waals surface area contributed by atoms with Gasteiger partial charge in [-0.25, -0.2) is 9.18 Å². The van der Waals surface area contributed by atoms with Crippen LogP contribution in [0.1, 0.15) is 50.4 Å². The molecular weight excluding hydrogens is 689 g/mol. The van der Waals surface area contributed by atoms with Crippen LogP contribution in [0.2, 0.25) is 0 Å². The Morgan fingerprint density at radius 3 is 2.58 bits per heavy atom. The lowest BCUT2D eigenvalue weighted by Gasteiger charge is -2.22. The van der Waals surface area contributed by atoms with Gasteiger partial charge in [0.05, 0.1) is 39.0 Å². The Morgan fingerprint density at radius 2 is 1.83 bits per heavy atom. The van der Waals surface area contributed by atoms with Crippen molar-refractivity contribution in [2.75, 3.05) is 44.6 Å². The number of nitro benzene ring substituents is 1. The Bertz CT molecular complexity index is 2560. The average molecular weight is 728 g/mol. The largest absolute Gasteiger partial charge is 0.453 e. The first-order valence-electron chi connectivity index (χ1n) is 17.6. The lowest BCUT2D eigenvalue weighted by atomic mass is 10.1. The number of H-pyrrole nitrogens is 1. The van der Waals surface area contributed by atoms with Crippen molar-refractivity contribution in [2.24, 2.45) is 0 Å². The molecule has 8 rings (SSSR count). The monoisotopic (exact) mass is 727 g/mol. The molecule has 2 aliphatic heterocycles. The summed E-state index contributed by atoms with van der Waals surface area (Å²) in [5.41, 5.74) is 0.957. The third-order valence-corrected chi connectivity index (χ3v) is 9.75. The quantitative estimate of drug-likeness (QED) is 0.0733. The number of non-ortho nitro benzene ring substituents is 1. The zero-order valence-corrected chi connectivity index (χ0v) is 29.4. The number of fused-ring (bicyclic) bond motifs is 4. The van der Waals surface area contributed by atoms with Crippen LogP contribution in [0.5, 0.6) is 0 Å². The molecule has 0 bridgehead atoms. The van der Waals surface area contributed by atoms with Gasteiger partial charge in [0.1, 0.15) is 22.4 Å². The summed E-state index contributed by atoms with van der Waals surface area (Å²) in [7, 11) is 0. The van der Waals surface area contributed by atoms with Crippen molar-refractivity contribution in [3.05, 3.63) is 74.3 Å². The van der Waals surface area contributed by atoms with Gasteiger partial charge in [-0.05, 0) is 65.3 Å². The van der Waals surface area contributed by atoms with Crippen molar-refractivity contribution >= 4 is 73.2 Å². The highest BCUT2D eigenvalue weighted by Gasteiger charge is 2.32. The van der Waals surface area contributed by atoms with E-state index < -0.39 is 39.8 Å². The van der Waals surface area contributed by atoms with Gasteiger partial charge in [0, 0.05) is 50.6 Å². The fourth-order valence-electron chi connectivity index (χ4n) is 7.27. The minimum atomic E-state index is -0.705. The van der Waals surface area contributed by atoms with E-state index in [0.29, 0.717) is 41.6 Å². The zero-order chi connectivity index (χ0) is 37.2. The molecule has 16 heteroatoms. The SMILES string of the molecule is CC(C)(C)OC(=O)N[C@H]1CCN(C(=O)c2cn3c4cc5oc6cc([N+](=O)[O-])ccc6[nH]c5cc4oc4c(NCCN5CCCC5)c(F)cc(c2=O)c43)C1. The number of aromatic nitrogens is 2. The van der Waals surface area contributed by atoms with Crippen molar-refractivity contribution in [1.82, 2.24) is 24.5 Å². The molecule has 15 nitrogen and oxygen atoms in total. The van der Waals surface area contributed by atoms with Gasteiger partial charge in [0.25, 0.3) is 11.6 Å². The number of nitrogens with zero attached hydrogens (tertiary/aromatic N) is 4. The molecule has 2 amide bonds. The number of benzene rings is 3. The smallest absolute Gasteiger partial charge is 0.407 e. The average Bonchev–Trinajstić information content (AvgIpc) is 3.80. The topological polar surface area (TPSA) is 181 Å². The van der Waals surface area contributed by atoms with Crippen LogP contribution in [0, 0.1) is 15.9 Å². The van der Waals surface area contributed by atoms with E-state index in [4.69, 9.17) is 13.6 Å². The Labute approximate surface area is 300 Å². The lowest BCUT2D eigenvalue weighted by Crippen LogP contribution is -2.41. The van der Waals surface area contributed by atoms with E-state index in [9.17, 15) is 24.5 Å². The molecule has 53 heavy (non-hydrogen) atoms. The molecule has 2 saturated heterocycles. The lowest BCUT2D eigenvalue weighted by molar-refractivity contribution is -0.384. The van der Waals surface area contributed by atoms with E-state index in [0.717, 1.165) is 32.0 Å². The molecule has 3 aromatic heterocycles. The third-order valence-electron chi connectivity index (χ3n) is 9.75. The van der Waals surface area contributed by atoms with E-state index in [1.54, 1.807) is 43.4 Å². The number of pyridine rings is 1. The summed E-state index contributed by atoms with van der Waals surface area (Å²) in [6, 6.07) is 8.26. The van der Waals surface area contributed by atoms with Crippen LogP contribution in [0.15, 0.2) is 56.2 Å². The fourth-order valence-corrected chi connectivity index (χ4v) is 7.27. The third kappa shape index (κ3) is 6.43. The van der Waals surface area contributed by atoms with Gasteiger partial charge in [-0.2, -0.15) is 0 Å². The Hall–Kier alpha value is -5.90. The Kier molecular flexibility index (Phi) is 8.36. The van der Waals surface area contributed by atoms with Crippen molar-refractivity contribution in [3.8, 4) is 0 Å². The van der Waals surface area contributed by atoms with E-state index in [2.05, 4.69) is 20.5 Å². The van der Waals surface area contributed by atoms with E-state index in [-0.39, 0.29) is 57.7 Å². The number of carbonyl (C=O) groups excluding carboxylic acids is 2. The number of ether oxygens (including phenoxy) is 1. The molecule has 6 aromatic rings. The Balaban J connectivity index is 1.26. The number of rotatable bonds is 7. The maximum absolute atomic E-state index is 16.1. The van der Waals surface area contributed by atoms with Gasteiger partial charge in [-0.3, -0.25) is 19.7 Å². The van der Waals surface area contributed by atoms with Crippen LogP contribution >= 0.6 is 0 Å². The van der Waals surface area contributed by atoms with Crippen LogP contribution in [0.4, 0.5) is 20.6 Å². The molecule has 0 aliphatic carbocycles. The molecule has 0 spiro atoms. The molecule has 0 saturated carbocycles. The predicted molar refractivity (Wildman–Crippen MR) is 196 cm³/mol. The molecule has 3 N–H and O–H groups in total. The first-order valence-corrected chi connectivity index (χ1v) is 17.6. The van der Waals surface area contributed by atoms with Gasteiger partial charge in [-0.1, -0.05) is 0 Å². The van der Waals surface area contributed by atoms with Gasteiger partial charge >= 0.3 is 6.09 Å². The number of anilines is 1. The van der Waals surface area contributed by atoms with Crippen molar-refractivity contribution in [2.45, 2.75) is 51.7 Å². The predicted octanol–water partition coefficient (Wildman–Crippen LogP) is 6.28. The summed E-state index contributed by atoms with van der Waals surface area (Å²) in [6.45, 7) is 8.76. The van der Waals surface area contributed by atoms with Crippen molar-refractivity contribution in [3.63, 3.8) is 0 Å². The molecule has 0 radical (unpaired) electrons. The number of hydrogen-bond donors (Lipinski definition) is 3. The number of amides is 2. The highest BCUT2D eigenvalue weighted by atomic mass is 19.1. The van der Waals surface area contributed by atoms with Crippen LogP contribution in [-0.4, -0.2) is 87.0 Å². The molecule has 276 valence electrons. The number of likely N-dealkylation sites (tertiary alicyclic amines) is 2. The maximum Gasteiger partial charge on any atom is 0.407 e. The van der Waals surface area contributed by atoms with Gasteiger partial charge in [0.2, 0.25) is 5.43 Å². The number of alkyl carbamates (subject to hydrolysis) is 1. The summed E-state index contributed by atoms with van der Waals surface area (Å²) in [5.74, 6) is -1.28. The van der Waals surface area contributed by atoms with Crippen molar-refractivity contribution in [1.29, 1.82) is 0 Å². The Morgan fingerprint density at radius 1 is 1.06 bits per heavy atom. The molecule has 5 heterocycles. The number of nitrogens with one attached hydrogen (secondary N) is 3. The van der Waals surface area contributed by atoms with Crippen LogP contribution < -0.4 is 16.1 Å². The second-order valence-corrected chi connectivity index (χ2v) is 14.6. The molecule has 2 aliphatic rings. The van der Waals surface area contributed by atoms with Crippen LogP contribution in [0.25, 0.3) is 49.8 Å². The summed E-state index contributed by atoms with van der Waals surface area (Å²) < 4.78 is 35.6. The summed E-state index contributed by atoms with van der Waals surface area (Å²) in [4.78, 5) is 58.5. The van der Waals surface area contributed by atoms with E-state index in [1.807, 2.05) is 0 Å². The van der Waals surface area contributed by atoms with E-state index in [1.165, 1.54) is 23.2 Å². The molecule has 3 aromatic carbocycles. The van der Waals surface area contributed by atoms with E-state index >= 15 is 4.39 Å². The number of nitro groups is 1. The van der Waals surface area contributed by atoms with Crippen LogP contribution in [-0.2, 0) is 4.74 Å². The zero-order valence-electron chi connectivity index (χ0n) is 29.4.